The first kappa shape index (κ1) is 21.2. The Morgan fingerprint density at radius 2 is 2.00 bits per heavy atom. The Bertz CT molecular complexity index is 1370. The van der Waals surface area contributed by atoms with Crippen LogP contribution < -0.4 is 21.1 Å². The largest absolute Gasteiger partial charge is 0.444 e. The fourth-order valence-corrected chi connectivity index (χ4v) is 5.82. The van der Waals surface area contributed by atoms with Crippen LogP contribution in [0.3, 0.4) is 0 Å². The second-order valence-corrected chi connectivity index (χ2v) is 9.87. The molecule has 0 aliphatic carbocycles. The van der Waals surface area contributed by atoms with Crippen LogP contribution in [0.2, 0.25) is 0 Å². The Morgan fingerprint density at radius 3 is 2.91 bits per heavy atom. The molecule has 0 saturated carbocycles. The highest BCUT2D eigenvalue weighted by molar-refractivity contribution is 8.00. The molecule has 0 unspecified atom stereocenters. The predicted octanol–water partition coefficient (Wildman–Crippen LogP) is 3.50. The number of fused-ring (bicyclic) bond motifs is 1. The quantitative estimate of drug-likeness (QED) is 0.529. The van der Waals surface area contributed by atoms with E-state index in [0.29, 0.717) is 18.8 Å². The molecule has 9 heteroatoms. The van der Waals surface area contributed by atoms with Crippen molar-refractivity contribution in [3.63, 3.8) is 0 Å². The first-order chi connectivity index (χ1) is 16.6. The summed E-state index contributed by atoms with van der Waals surface area (Å²) in [6.45, 7) is 1.89. The van der Waals surface area contributed by atoms with Gasteiger partial charge in [-0.05, 0) is 54.6 Å². The molecule has 8 nitrogen and oxygen atoms in total. The molecule has 0 bridgehead atoms. The number of para-hydroxylation sites is 1. The van der Waals surface area contributed by atoms with Crippen LogP contribution in [0.5, 0.6) is 0 Å². The minimum Gasteiger partial charge on any atom is -0.444 e. The van der Waals surface area contributed by atoms with Crippen molar-refractivity contribution in [2.45, 2.75) is 36.4 Å². The van der Waals surface area contributed by atoms with E-state index in [1.165, 1.54) is 11.8 Å². The molecule has 0 radical (unpaired) electrons. The van der Waals surface area contributed by atoms with Crippen molar-refractivity contribution in [3.05, 3.63) is 64.4 Å². The Morgan fingerprint density at radius 1 is 1.09 bits per heavy atom. The van der Waals surface area contributed by atoms with Crippen molar-refractivity contribution in [1.82, 2.24) is 9.88 Å². The number of ether oxygens (including phenoxy) is 1. The van der Waals surface area contributed by atoms with Crippen LogP contribution in [0.1, 0.15) is 24.4 Å². The molecule has 1 saturated heterocycles. The number of benzene rings is 2. The Balaban J connectivity index is 1.05. The van der Waals surface area contributed by atoms with E-state index in [2.05, 4.69) is 16.7 Å². The number of aromatic nitrogens is 1. The molecule has 3 aromatic rings. The first-order valence-corrected chi connectivity index (χ1v) is 12.5. The minimum atomic E-state index is -0.356. The monoisotopic (exact) mass is 476 g/mol. The number of hydrogen-bond acceptors (Lipinski definition) is 6. The molecule has 1 fully saturated rings. The number of hydrogen-bond donors (Lipinski definition) is 2. The van der Waals surface area contributed by atoms with E-state index < -0.39 is 0 Å². The standard InChI is InChI=1S/C25H24N4O4S/c30-22-14-34-21-8-7-16(11-19(21)27-22)28-12-17(33-25(28)32)4-2-10-26-20-13-29-23(31)9-6-15-3-1-5-18(20)24(15)29/h1,3,5-9,11,17,20,26H,2,4,10,12-14H2,(H,27,30)/t17-,20-/m0/s1. The summed E-state index contributed by atoms with van der Waals surface area (Å²) in [4.78, 5) is 39.1. The summed E-state index contributed by atoms with van der Waals surface area (Å²) in [5.74, 6) is 0.378. The van der Waals surface area contributed by atoms with Gasteiger partial charge in [0.25, 0.3) is 5.56 Å². The number of amides is 2. The Hall–Kier alpha value is -3.30. The van der Waals surface area contributed by atoms with E-state index in [-0.39, 0.29) is 29.7 Å². The molecule has 2 aromatic carbocycles. The zero-order chi connectivity index (χ0) is 23.2. The van der Waals surface area contributed by atoms with Gasteiger partial charge in [-0.2, -0.15) is 0 Å². The minimum absolute atomic E-state index is 0.0301. The van der Waals surface area contributed by atoms with E-state index >= 15 is 0 Å². The predicted molar refractivity (Wildman–Crippen MR) is 132 cm³/mol. The van der Waals surface area contributed by atoms with Gasteiger partial charge in [-0.15, -0.1) is 11.8 Å². The lowest BCUT2D eigenvalue weighted by molar-refractivity contribution is -0.113. The zero-order valence-electron chi connectivity index (χ0n) is 18.5. The van der Waals surface area contributed by atoms with Crippen molar-refractivity contribution in [3.8, 4) is 0 Å². The van der Waals surface area contributed by atoms with E-state index in [4.69, 9.17) is 4.74 Å². The number of nitrogens with one attached hydrogen (secondary N) is 2. The lowest BCUT2D eigenvalue weighted by Gasteiger charge is -2.20. The van der Waals surface area contributed by atoms with Crippen molar-refractivity contribution in [2.75, 3.05) is 29.1 Å². The second kappa shape index (κ2) is 8.48. The van der Waals surface area contributed by atoms with Crippen LogP contribution in [0.15, 0.2) is 58.2 Å². The third-order valence-corrected chi connectivity index (χ3v) is 7.73. The first-order valence-electron chi connectivity index (χ1n) is 11.5. The fourth-order valence-electron chi connectivity index (χ4n) is 5.03. The molecule has 2 N–H and O–H groups in total. The zero-order valence-corrected chi connectivity index (χ0v) is 19.3. The number of pyridine rings is 1. The van der Waals surface area contributed by atoms with Gasteiger partial charge in [0.1, 0.15) is 6.10 Å². The van der Waals surface area contributed by atoms with Crippen LogP contribution in [0.4, 0.5) is 16.2 Å². The van der Waals surface area contributed by atoms with Gasteiger partial charge in [-0.25, -0.2) is 4.79 Å². The summed E-state index contributed by atoms with van der Waals surface area (Å²) in [5.41, 5.74) is 3.68. The average Bonchev–Trinajstić information content (AvgIpc) is 3.40. The third kappa shape index (κ3) is 3.74. The van der Waals surface area contributed by atoms with Crippen LogP contribution >= 0.6 is 11.8 Å². The average molecular weight is 477 g/mol. The number of rotatable bonds is 6. The van der Waals surface area contributed by atoms with Gasteiger partial charge in [-0.3, -0.25) is 14.5 Å². The molecule has 2 atom stereocenters. The van der Waals surface area contributed by atoms with E-state index in [1.54, 1.807) is 11.0 Å². The summed E-state index contributed by atoms with van der Waals surface area (Å²) in [6, 6.07) is 15.4. The number of anilines is 2. The third-order valence-electron chi connectivity index (χ3n) is 6.66. The lowest BCUT2D eigenvalue weighted by atomic mass is 10.1. The van der Waals surface area contributed by atoms with Gasteiger partial charge < -0.3 is 19.9 Å². The molecule has 174 valence electrons. The fraction of sp³-hybridized carbons (Fsp3) is 0.320. The maximum atomic E-state index is 12.5. The van der Waals surface area contributed by atoms with Crippen LogP contribution in [-0.4, -0.2) is 41.5 Å². The second-order valence-electron chi connectivity index (χ2n) is 8.85. The van der Waals surface area contributed by atoms with Crippen LogP contribution in [0.25, 0.3) is 10.9 Å². The molecule has 3 aliphatic heterocycles. The van der Waals surface area contributed by atoms with Crippen LogP contribution in [-0.2, 0) is 16.1 Å². The Labute approximate surface area is 200 Å². The van der Waals surface area contributed by atoms with Gasteiger partial charge in [0, 0.05) is 23.2 Å². The summed E-state index contributed by atoms with van der Waals surface area (Å²) >= 11 is 1.50. The SMILES string of the molecule is O=C1CSc2ccc(N3C[C@H](CCCN[C@H]4Cn5c(=O)ccc6cccc4c65)OC3=O)cc2N1. The highest BCUT2D eigenvalue weighted by Gasteiger charge is 2.33. The maximum absolute atomic E-state index is 12.5. The van der Waals surface area contributed by atoms with Crippen molar-refractivity contribution >= 4 is 46.0 Å². The number of cyclic esters (lactones) is 1. The molecule has 6 rings (SSSR count). The number of thioether (sulfide) groups is 1. The van der Waals surface area contributed by atoms with Crippen molar-refractivity contribution < 1.29 is 14.3 Å². The summed E-state index contributed by atoms with van der Waals surface area (Å²) < 4.78 is 7.45. The van der Waals surface area contributed by atoms with Gasteiger partial charge in [0.05, 0.1) is 29.5 Å². The molecular formula is C25H24N4O4S. The number of carbonyl (C=O) groups excluding carboxylic acids is 2. The van der Waals surface area contributed by atoms with Gasteiger partial charge >= 0.3 is 6.09 Å². The molecule has 2 amide bonds. The summed E-state index contributed by atoms with van der Waals surface area (Å²) in [6.07, 6.45) is 1.06. The van der Waals surface area contributed by atoms with Gasteiger partial charge in [-0.1, -0.05) is 18.2 Å². The number of nitrogens with zero attached hydrogens (tertiary/aromatic N) is 2. The van der Waals surface area contributed by atoms with Gasteiger partial charge in [0.2, 0.25) is 5.91 Å². The summed E-state index contributed by atoms with van der Waals surface area (Å²) in [7, 11) is 0. The highest BCUT2D eigenvalue weighted by atomic mass is 32.2. The van der Waals surface area contributed by atoms with E-state index in [0.717, 1.165) is 52.1 Å². The normalized spacial score (nSPS) is 21.0. The molecule has 3 aliphatic rings. The molecule has 4 heterocycles. The topological polar surface area (TPSA) is 92.7 Å². The van der Waals surface area contributed by atoms with Crippen molar-refractivity contribution in [1.29, 1.82) is 0 Å². The highest BCUT2D eigenvalue weighted by Crippen LogP contribution is 2.36. The molecule has 1 aromatic heterocycles. The Kier molecular flexibility index (Phi) is 5.30. The maximum Gasteiger partial charge on any atom is 0.414 e. The van der Waals surface area contributed by atoms with E-state index in [9.17, 15) is 14.4 Å². The molecule has 0 spiro atoms. The lowest BCUT2D eigenvalue weighted by Crippen LogP contribution is -2.27. The summed E-state index contributed by atoms with van der Waals surface area (Å²) in [5, 5.41) is 7.53. The van der Waals surface area contributed by atoms with E-state index in [1.807, 2.05) is 41.0 Å². The van der Waals surface area contributed by atoms with Gasteiger partial charge in [0.15, 0.2) is 0 Å². The molecule has 34 heavy (non-hydrogen) atoms. The number of carbonyl (C=O) groups is 2. The van der Waals surface area contributed by atoms with Crippen LogP contribution in [0, 0.1) is 0 Å². The van der Waals surface area contributed by atoms with Crippen molar-refractivity contribution in [2.24, 2.45) is 0 Å². The molecular weight excluding hydrogens is 452 g/mol. The smallest absolute Gasteiger partial charge is 0.414 e.